The van der Waals surface area contributed by atoms with Gasteiger partial charge < -0.3 is 14.8 Å². The maximum Gasteiger partial charge on any atom is 0.284 e. The Hall–Kier alpha value is -1.69. The van der Waals surface area contributed by atoms with Gasteiger partial charge in [0.25, 0.3) is 5.76 Å². The third-order valence-corrected chi connectivity index (χ3v) is 3.86. The monoisotopic (exact) mass is 313 g/mol. The molecule has 0 aliphatic rings. The molecule has 2 N–H and O–H groups in total. The Balaban J connectivity index is 1.96. The molecule has 0 spiro atoms. The molecule has 0 amide bonds. The lowest BCUT2D eigenvalue weighted by atomic mass is 10.1. The van der Waals surface area contributed by atoms with Gasteiger partial charge in [-0.3, -0.25) is 0 Å². The number of aryl methyl sites for hydroxylation is 1. The molecular formula is C15H17F2NO2S. The summed E-state index contributed by atoms with van der Waals surface area (Å²) in [5.74, 6) is -0.773. The highest BCUT2D eigenvalue weighted by Gasteiger charge is 2.09. The molecule has 0 radical (unpaired) electrons. The van der Waals surface area contributed by atoms with Crippen LogP contribution in [0.15, 0.2) is 28.7 Å². The Bertz CT molecular complexity index is 614. The van der Waals surface area contributed by atoms with E-state index in [4.69, 9.17) is 4.42 Å². The van der Waals surface area contributed by atoms with Crippen LogP contribution in [0, 0.1) is 13.8 Å². The number of rotatable bonds is 6. The Kier molecular flexibility index (Phi) is 5.12. The first-order valence-electron chi connectivity index (χ1n) is 6.47. The van der Waals surface area contributed by atoms with Crippen molar-refractivity contribution in [1.29, 1.82) is 0 Å². The normalized spacial score (nSPS) is 11.1. The molecule has 2 aromatic rings. The van der Waals surface area contributed by atoms with Crippen molar-refractivity contribution in [3.8, 4) is 5.75 Å². The van der Waals surface area contributed by atoms with E-state index in [-0.39, 0.29) is 11.5 Å². The molecule has 2 rings (SSSR count). The number of anilines is 1. The molecule has 0 atom stereocenters. The van der Waals surface area contributed by atoms with Gasteiger partial charge in [0.1, 0.15) is 17.3 Å². The highest BCUT2D eigenvalue weighted by molar-refractivity contribution is 7.98. The predicted molar refractivity (Wildman–Crippen MR) is 80.9 cm³/mol. The molecule has 3 nitrogen and oxygen atoms in total. The van der Waals surface area contributed by atoms with E-state index in [2.05, 4.69) is 5.32 Å². The second kappa shape index (κ2) is 6.85. The lowest BCUT2D eigenvalue weighted by Gasteiger charge is -2.11. The van der Waals surface area contributed by atoms with Crippen molar-refractivity contribution < 1.29 is 18.3 Å². The summed E-state index contributed by atoms with van der Waals surface area (Å²) in [5, 5.41) is 13.0. The molecular weight excluding hydrogens is 296 g/mol. The van der Waals surface area contributed by atoms with Crippen LogP contribution in [0.5, 0.6) is 5.75 Å². The van der Waals surface area contributed by atoms with E-state index in [9.17, 15) is 13.9 Å². The van der Waals surface area contributed by atoms with Crippen molar-refractivity contribution in [2.24, 2.45) is 0 Å². The summed E-state index contributed by atoms with van der Waals surface area (Å²) in [6, 6.07) is 7.18. The molecule has 0 saturated heterocycles. The van der Waals surface area contributed by atoms with Gasteiger partial charge in [-0.15, -0.1) is 0 Å². The van der Waals surface area contributed by atoms with Gasteiger partial charge in [0.05, 0.1) is 12.3 Å². The first-order valence-corrected chi connectivity index (χ1v) is 7.52. The Morgan fingerprint density at radius 2 is 1.90 bits per heavy atom. The molecule has 0 bridgehead atoms. The highest BCUT2D eigenvalue weighted by atomic mass is 32.2. The third-order valence-electron chi connectivity index (χ3n) is 3.15. The van der Waals surface area contributed by atoms with E-state index < -0.39 is 5.76 Å². The van der Waals surface area contributed by atoms with Gasteiger partial charge in [0.15, 0.2) is 0 Å². The standard InChI is InChI=1S/C15H17F2NO2S/c1-9-3-6-13(10(2)14(9)19)18-7-11-4-5-12(20-11)8-21-15(16)17/h3-6,15,18-19H,7-8H2,1-2H3. The molecule has 0 unspecified atom stereocenters. The van der Waals surface area contributed by atoms with Crippen LogP contribution < -0.4 is 5.32 Å². The maximum absolute atomic E-state index is 12.1. The minimum Gasteiger partial charge on any atom is -0.507 e. The zero-order chi connectivity index (χ0) is 15.4. The molecule has 0 saturated carbocycles. The number of thioether (sulfide) groups is 1. The van der Waals surface area contributed by atoms with Gasteiger partial charge in [-0.25, -0.2) is 0 Å². The van der Waals surface area contributed by atoms with Crippen LogP contribution >= 0.6 is 11.8 Å². The minimum atomic E-state index is -2.39. The molecule has 0 fully saturated rings. The minimum absolute atomic E-state index is 0.155. The molecule has 1 aromatic carbocycles. The summed E-state index contributed by atoms with van der Waals surface area (Å²) in [6.07, 6.45) is 0. The van der Waals surface area contributed by atoms with Gasteiger partial charge in [0, 0.05) is 11.3 Å². The summed E-state index contributed by atoms with van der Waals surface area (Å²) in [5.41, 5.74) is 2.41. The highest BCUT2D eigenvalue weighted by Crippen LogP contribution is 2.28. The van der Waals surface area contributed by atoms with Gasteiger partial charge in [-0.2, -0.15) is 8.78 Å². The van der Waals surface area contributed by atoms with Crippen molar-refractivity contribution in [2.75, 3.05) is 5.32 Å². The molecule has 6 heteroatoms. The Morgan fingerprint density at radius 1 is 1.19 bits per heavy atom. The van der Waals surface area contributed by atoms with E-state index in [0.29, 0.717) is 29.8 Å². The summed E-state index contributed by atoms with van der Waals surface area (Å²) < 4.78 is 29.7. The summed E-state index contributed by atoms with van der Waals surface area (Å²) in [4.78, 5) is 0. The summed E-state index contributed by atoms with van der Waals surface area (Å²) in [7, 11) is 0. The van der Waals surface area contributed by atoms with Crippen LogP contribution in [0.1, 0.15) is 22.6 Å². The maximum atomic E-state index is 12.1. The van der Waals surface area contributed by atoms with Gasteiger partial charge in [-0.1, -0.05) is 17.8 Å². The number of halogens is 2. The van der Waals surface area contributed by atoms with E-state index in [1.165, 1.54) is 0 Å². The number of aromatic hydroxyl groups is 1. The van der Waals surface area contributed by atoms with Crippen molar-refractivity contribution >= 4 is 17.4 Å². The fraction of sp³-hybridized carbons (Fsp3) is 0.333. The fourth-order valence-electron chi connectivity index (χ4n) is 1.95. The van der Waals surface area contributed by atoms with Crippen molar-refractivity contribution in [3.63, 3.8) is 0 Å². The van der Waals surface area contributed by atoms with Gasteiger partial charge in [0.2, 0.25) is 0 Å². The first kappa shape index (κ1) is 15.7. The molecule has 114 valence electrons. The molecule has 0 aliphatic heterocycles. The van der Waals surface area contributed by atoms with E-state index in [1.54, 1.807) is 12.1 Å². The third kappa shape index (κ3) is 4.14. The number of phenolic OH excluding ortho intramolecular Hbond substituents is 1. The molecule has 1 aromatic heterocycles. The zero-order valence-corrected chi connectivity index (χ0v) is 12.6. The number of hydrogen-bond acceptors (Lipinski definition) is 4. The molecule has 21 heavy (non-hydrogen) atoms. The second-order valence-corrected chi connectivity index (χ2v) is 5.68. The van der Waals surface area contributed by atoms with Gasteiger partial charge in [-0.05, 0) is 37.6 Å². The quantitative estimate of drug-likeness (QED) is 0.813. The van der Waals surface area contributed by atoms with E-state index in [1.807, 2.05) is 26.0 Å². The van der Waals surface area contributed by atoms with Crippen molar-refractivity contribution in [1.82, 2.24) is 0 Å². The molecule has 1 heterocycles. The lowest BCUT2D eigenvalue weighted by Crippen LogP contribution is -2.00. The fourth-order valence-corrected chi connectivity index (χ4v) is 2.39. The number of alkyl halides is 2. The number of nitrogens with one attached hydrogen (secondary N) is 1. The molecule has 0 aliphatic carbocycles. The van der Waals surface area contributed by atoms with Crippen molar-refractivity contribution in [3.05, 3.63) is 46.9 Å². The van der Waals surface area contributed by atoms with E-state index in [0.717, 1.165) is 16.8 Å². The number of phenols is 1. The number of benzene rings is 1. The number of furan rings is 1. The SMILES string of the molecule is Cc1ccc(NCc2ccc(CSC(F)F)o2)c(C)c1O. The Labute approximate surface area is 126 Å². The van der Waals surface area contributed by atoms with Gasteiger partial charge >= 0.3 is 0 Å². The van der Waals surface area contributed by atoms with Crippen LogP contribution in [0.4, 0.5) is 14.5 Å². The van der Waals surface area contributed by atoms with Crippen molar-refractivity contribution in [2.45, 2.75) is 31.9 Å². The second-order valence-electron chi connectivity index (χ2n) is 4.70. The summed E-state index contributed by atoms with van der Waals surface area (Å²) in [6.45, 7) is 4.10. The van der Waals surface area contributed by atoms with Crippen LogP contribution in [-0.4, -0.2) is 10.9 Å². The van der Waals surface area contributed by atoms with Crippen LogP contribution in [0.3, 0.4) is 0 Å². The largest absolute Gasteiger partial charge is 0.507 e. The van der Waals surface area contributed by atoms with Crippen LogP contribution in [-0.2, 0) is 12.3 Å². The van der Waals surface area contributed by atoms with Crippen LogP contribution in [0.2, 0.25) is 0 Å². The number of hydrogen-bond donors (Lipinski definition) is 2. The average molecular weight is 313 g/mol. The average Bonchev–Trinajstić information content (AvgIpc) is 2.90. The summed E-state index contributed by atoms with van der Waals surface area (Å²) >= 11 is 0.538. The smallest absolute Gasteiger partial charge is 0.284 e. The van der Waals surface area contributed by atoms with Crippen LogP contribution in [0.25, 0.3) is 0 Å². The first-order chi connectivity index (χ1) is 9.97. The van der Waals surface area contributed by atoms with E-state index >= 15 is 0 Å². The lowest BCUT2D eigenvalue weighted by molar-refractivity contribution is 0.251. The Morgan fingerprint density at radius 3 is 2.62 bits per heavy atom. The zero-order valence-electron chi connectivity index (χ0n) is 11.8. The predicted octanol–water partition coefficient (Wildman–Crippen LogP) is 4.67. The topological polar surface area (TPSA) is 45.4 Å².